The van der Waals surface area contributed by atoms with E-state index in [1.165, 1.54) is 6.07 Å². The Balaban J connectivity index is 1.29. The SMILES string of the molecule is CN(CCCNc1cc(-c2ccc3ncn(Cc4cccc(F)c4)c3c2)c(Cl)cn1)c1ccccn1. The van der Waals surface area contributed by atoms with Crippen molar-refractivity contribution < 1.29 is 4.39 Å². The van der Waals surface area contributed by atoms with E-state index in [1.807, 2.05) is 54.1 Å². The van der Waals surface area contributed by atoms with E-state index < -0.39 is 0 Å². The zero-order valence-electron chi connectivity index (χ0n) is 19.9. The summed E-state index contributed by atoms with van der Waals surface area (Å²) < 4.78 is 15.7. The van der Waals surface area contributed by atoms with Gasteiger partial charge >= 0.3 is 0 Å². The number of halogens is 2. The molecule has 0 amide bonds. The monoisotopic (exact) mass is 500 g/mol. The van der Waals surface area contributed by atoms with Crippen molar-refractivity contribution in [1.82, 2.24) is 19.5 Å². The Morgan fingerprint density at radius 3 is 2.75 bits per heavy atom. The molecule has 2 aromatic carbocycles. The maximum Gasteiger partial charge on any atom is 0.128 e. The van der Waals surface area contributed by atoms with Crippen LogP contribution in [0.2, 0.25) is 5.02 Å². The molecule has 0 aliphatic carbocycles. The number of aromatic nitrogens is 4. The van der Waals surface area contributed by atoms with E-state index in [2.05, 4.69) is 31.2 Å². The summed E-state index contributed by atoms with van der Waals surface area (Å²) in [5.41, 5.74) is 4.56. The number of nitrogens with zero attached hydrogens (tertiary/aromatic N) is 5. The number of rotatable bonds is 9. The zero-order valence-corrected chi connectivity index (χ0v) is 20.7. The van der Waals surface area contributed by atoms with Gasteiger partial charge in [0.05, 0.1) is 22.4 Å². The van der Waals surface area contributed by atoms with E-state index in [0.717, 1.165) is 58.9 Å². The van der Waals surface area contributed by atoms with Crippen LogP contribution in [0.4, 0.5) is 16.0 Å². The van der Waals surface area contributed by atoms with Crippen LogP contribution in [0, 0.1) is 5.82 Å². The predicted octanol–water partition coefficient (Wildman–Crippen LogP) is 6.27. The number of imidazole rings is 1. The first-order valence-corrected chi connectivity index (χ1v) is 12.2. The third-order valence-electron chi connectivity index (χ3n) is 6.05. The Morgan fingerprint density at radius 1 is 1.00 bits per heavy atom. The second kappa shape index (κ2) is 10.7. The van der Waals surface area contributed by atoms with Crippen molar-refractivity contribution in [3.05, 3.63) is 102 Å². The van der Waals surface area contributed by atoms with Crippen LogP contribution in [0.25, 0.3) is 22.2 Å². The minimum Gasteiger partial charge on any atom is -0.370 e. The normalized spacial score (nSPS) is 11.1. The first-order valence-electron chi connectivity index (χ1n) is 11.8. The summed E-state index contributed by atoms with van der Waals surface area (Å²) in [4.78, 5) is 15.5. The molecule has 5 rings (SSSR count). The van der Waals surface area contributed by atoms with E-state index in [0.29, 0.717) is 11.6 Å². The lowest BCUT2D eigenvalue weighted by Gasteiger charge is -2.18. The highest BCUT2D eigenvalue weighted by molar-refractivity contribution is 6.33. The lowest BCUT2D eigenvalue weighted by molar-refractivity contribution is 0.624. The van der Waals surface area contributed by atoms with Crippen LogP contribution >= 0.6 is 11.6 Å². The van der Waals surface area contributed by atoms with Gasteiger partial charge in [0.25, 0.3) is 0 Å². The molecule has 5 aromatic rings. The molecule has 0 saturated heterocycles. The average molecular weight is 501 g/mol. The van der Waals surface area contributed by atoms with Gasteiger partial charge < -0.3 is 14.8 Å². The smallest absolute Gasteiger partial charge is 0.128 e. The van der Waals surface area contributed by atoms with E-state index >= 15 is 0 Å². The summed E-state index contributed by atoms with van der Waals surface area (Å²) in [6.07, 6.45) is 6.18. The van der Waals surface area contributed by atoms with Gasteiger partial charge in [-0.05, 0) is 60.0 Å². The molecule has 0 fully saturated rings. The predicted molar refractivity (Wildman–Crippen MR) is 144 cm³/mol. The standard InChI is InChI=1S/C28H26ClFN6/c1-35(28-8-2-3-11-32-28)13-5-12-31-27-16-23(24(29)17-33-27)21-9-10-25-26(15-21)36(19-34-25)18-20-6-4-7-22(30)14-20/h2-4,6-11,14-17,19H,5,12-13,18H2,1H3,(H,31,33). The van der Waals surface area contributed by atoms with Crippen LogP contribution in [-0.2, 0) is 6.54 Å². The third-order valence-corrected chi connectivity index (χ3v) is 6.35. The Hall–Kier alpha value is -3.97. The van der Waals surface area contributed by atoms with Gasteiger partial charge in [-0.3, -0.25) is 0 Å². The molecule has 3 heterocycles. The minimum atomic E-state index is -0.246. The van der Waals surface area contributed by atoms with Gasteiger partial charge in [-0.15, -0.1) is 0 Å². The van der Waals surface area contributed by atoms with Gasteiger partial charge in [0.1, 0.15) is 17.5 Å². The molecular formula is C28H26ClFN6. The highest BCUT2D eigenvalue weighted by Crippen LogP contribution is 2.31. The van der Waals surface area contributed by atoms with Gasteiger partial charge in [0.15, 0.2) is 0 Å². The number of benzene rings is 2. The summed E-state index contributed by atoms with van der Waals surface area (Å²) in [6.45, 7) is 2.17. The Kier molecular flexibility index (Phi) is 7.09. The number of fused-ring (bicyclic) bond motifs is 1. The zero-order chi connectivity index (χ0) is 24.9. The van der Waals surface area contributed by atoms with Crippen LogP contribution in [0.1, 0.15) is 12.0 Å². The van der Waals surface area contributed by atoms with Crippen LogP contribution < -0.4 is 10.2 Å². The van der Waals surface area contributed by atoms with Crippen molar-refractivity contribution in [2.75, 3.05) is 30.4 Å². The van der Waals surface area contributed by atoms with Crippen molar-refractivity contribution in [3.63, 3.8) is 0 Å². The molecule has 6 nitrogen and oxygen atoms in total. The Bertz CT molecular complexity index is 1470. The molecule has 3 aromatic heterocycles. The van der Waals surface area contributed by atoms with E-state index in [9.17, 15) is 4.39 Å². The second-order valence-electron chi connectivity index (χ2n) is 8.65. The van der Waals surface area contributed by atoms with Crippen molar-refractivity contribution in [1.29, 1.82) is 0 Å². The fourth-order valence-corrected chi connectivity index (χ4v) is 4.38. The second-order valence-corrected chi connectivity index (χ2v) is 9.05. The molecule has 36 heavy (non-hydrogen) atoms. The summed E-state index contributed by atoms with van der Waals surface area (Å²) in [7, 11) is 2.04. The molecule has 0 saturated carbocycles. The van der Waals surface area contributed by atoms with E-state index in [4.69, 9.17) is 11.6 Å². The number of nitrogens with one attached hydrogen (secondary N) is 1. The molecule has 0 aliphatic heterocycles. The fourth-order valence-electron chi connectivity index (χ4n) is 4.17. The lowest BCUT2D eigenvalue weighted by Crippen LogP contribution is -2.21. The molecule has 8 heteroatoms. The van der Waals surface area contributed by atoms with Crippen molar-refractivity contribution in [2.24, 2.45) is 0 Å². The molecule has 0 bridgehead atoms. The topological polar surface area (TPSA) is 58.9 Å². The molecule has 1 N–H and O–H groups in total. The quantitative estimate of drug-likeness (QED) is 0.242. The van der Waals surface area contributed by atoms with E-state index in [1.54, 1.807) is 30.9 Å². The van der Waals surface area contributed by atoms with Crippen LogP contribution in [-0.4, -0.2) is 39.7 Å². The maximum atomic E-state index is 13.6. The van der Waals surface area contributed by atoms with Crippen molar-refractivity contribution in [3.8, 4) is 11.1 Å². The molecule has 182 valence electrons. The maximum absolute atomic E-state index is 13.6. The Labute approximate surface area is 214 Å². The summed E-state index contributed by atoms with van der Waals surface area (Å²) >= 11 is 6.55. The minimum absolute atomic E-state index is 0.246. The molecule has 0 radical (unpaired) electrons. The largest absolute Gasteiger partial charge is 0.370 e. The van der Waals surface area contributed by atoms with E-state index in [-0.39, 0.29) is 5.82 Å². The highest BCUT2D eigenvalue weighted by atomic mass is 35.5. The number of hydrogen-bond donors (Lipinski definition) is 1. The summed E-state index contributed by atoms with van der Waals surface area (Å²) in [6, 6.07) is 20.5. The van der Waals surface area contributed by atoms with Gasteiger partial charge in [-0.1, -0.05) is 35.9 Å². The van der Waals surface area contributed by atoms with Gasteiger partial charge in [-0.25, -0.2) is 19.3 Å². The van der Waals surface area contributed by atoms with Gasteiger partial charge in [0.2, 0.25) is 0 Å². The van der Waals surface area contributed by atoms with Crippen LogP contribution in [0.3, 0.4) is 0 Å². The third kappa shape index (κ3) is 5.47. The van der Waals surface area contributed by atoms with Crippen molar-refractivity contribution in [2.45, 2.75) is 13.0 Å². The molecule has 0 atom stereocenters. The lowest BCUT2D eigenvalue weighted by atomic mass is 10.1. The average Bonchev–Trinajstić information content (AvgIpc) is 3.29. The first kappa shape index (κ1) is 23.8. The summed E-state index contributed by atoms with van der Waals surface area (Å²) in [5.74, 6) is 1.48. The van der Waals surface area contributed by atoms with Gasteiger partial charge in [-0.2, -0.15) is 0 Å². The van der Waals surface area contributed by atoms with Crippen LogP contribution in [0.15, 0.2) is 85.5 Å². The number of anilines is 2. The number of hydrogen-bond acceptors (Lipinski definition) is 5. The van der Waals surface area contributed by atoms with Crippen LogP contribution in [0.5, 0.6) is 0 Å². The number of pyridine rings is 2. The van der Waals surface area contributed by atoms with Crippen molar-refractivity contribution >= 4 is 34.3 Å². The molecule has 0 unspecified atom stereocenters. The first-order chi connectivity index (χ1) is 17.6. The molecule has 0 aliphatic rings. The molecular weight excluding hydrogens is 475 g/mol. The highest BCUT2D eigenvalue weighted by Gasteiger charge is 2.11. The van der Waals surface area contributed by atoms with Gasteiger partial charge in [0, 0.05) is 44.6 Å². The fraction of sp³-hybridized carbons (Fsp3) is 0.179. The molecule has 0 spiro atoms. The Morgan fingerprint density at radius 2 is 1.92 bits per heavy atom. The summed E-state index contributed by atoms with van der Waals surface area (Å²) in [5, 5.41) is 3.98.